The van der Waals surface area contributed by atoms with Gasteiger partial charge in [-0.25, -0.2) is 9.37 Å². The normalized spacial score (nSPS) is 19.9. The van der Waals surface area contributed by atoms with E-state index in [0.717, 1.165) is 29.5 Å². The maximum atomic E-state index is 13.4. The Kier molecular flexibility index (Phi) is 5.99. The number of piperidine rings is 1. The highest BCUT2D eigenvalue weighted by molar-refractivity contribution is 6.00. The molecule has 6 heterocycles. The van der Waals surface area contributed by atoms with E-state index in [0.29, 0.717) is 41.1 Å². The predicted molar refractivity (Wildman–Crippen MR) is 154 cm³/mol. The molecular formula is C30H28FN9O2. The number of benzene rings is 1. The predicted octanol–water partition coefficient (Wildman–Crippen LogP) is 4.24. The fourth-order valence-corrected chi connectivity index (χ4v) is 6.56. The van der Waals surface area contributed by atoms with Crippen LogP contribution in [-0.2, 0) is 0 Å². The molecule has 0 aliphatic carbocycles. The topological polar surface area (TPSA) is 161 Å². The second-order valence-corrected chi connectivity index (χ2v) is 11.0. The van der Waals surface area contributed by atoms with Crippen molar-refractivity contribution in [2.45, 2.75) is 50.6 Å². The van der Waals surface area contributed by atoms with E-state index in [1.807, 2.05) is 17.0 Å². The van der Waals surface area contributed by atoms with Crippen LogP contribution < -0.4 is 11.5 Å². The highest BCUT2D eigenvalue weighted by Crippen LogP contribution is 2.45. The quantitative estimate of drug-likeness (QED) is 0.267. The molecule has 12 heteroatoms. The smallest absolute Gasteiger partial charge is 0.272 e. The van der Waals surface area contributed by atoms with Crippen LogP contribution in [0.4, 0.5) is 16.0 Å². The minimum atomic E-state index is -0.306. The Morgan fingerprint density at radius 2 is 1.71 bits per heavy atom. The van der Waals surface area contributed by atoms with Crippen LogP contribution >= 0.6 is 0 Å². The molecular weight excluding hydrogens is 537 g/mol. The zero-order chi connectivity index (χ0) is 29.1. The number of hydrogen-bond acceptors (Lipinski definition) is 8. The number of fused-ring (bicyclic) bond motifs is 3. The molecule has 1 amide bonds. The summed E-state index contributed by atoms with van der Waals surface area (Å²) in [5.41, 5.74) is 17.2. The van der Waals surface area contributed by atoms with Crippen LogP contribution in [0.2, 0.25) is 0 Å². The van der Waals surface area contributed by atoms with E-state index in [-0.39, 0.29) is 47.1 Å². The number of rotatable bonds is 5. The number of anilines is 2. The summed E-state index contributed by atoms with van der Waals surface area (Å²) >= 11 is 0. The number of nitrogens with two attached hydrogens (primary N) is 2. The Balaban J connectivity index is 1.24. The van der Waals surface area contributed by atoms with Crippen LogP contribution in [0.3, 0.4) is 0 Å². The molecule has 2 bridgehead atoms. The summed E-state index contributed by atoms with van der Waals surface area (Å²) in [5, 5.41) is 11.1. The summed E-state index contributed by atoms with van der Waals surface area (Å²) in [7, 11) is 0. The number of nitrogens with zero attached hydrogens (tertiary/aromatic N) is 6. The number of pyridine rings is 1. The summed E-state index contributed by atoms with van der Waals surface area (Å²) in [6.45, 7) is 1.49. The Hall–Kier alpha value is -5.13. The lowest BCUT2D eigenvalue weighted by Crippen LogP contribution is -2.46. The molecule has 3 atom stereocenters. The van der Waals surface area contributed by atoms with Gasteiger partial charge in [-0.15, -0.1) is 0 Å². The number of nitrogens with one attached hydrogen (secondary N) is 1. The van der Waals surface area contributed by atoms with Gasteiger partial charge in [-0.05, 0) is 62.9 Å². The van der Waals surface area contributed by atoms with Crippen molar-refractivity contribution in [2.75, 3.05) is 11.5 Å². The molecule has 2 saturated heterocycles. The van der Waals surface area contributed by atoms with Gasteiger partial charge in [0.25, 0.3) is 5.91 Å². The van der Waals surface area contributed by atoms with Gasteiger partial charge in [0.15, 0.2) is 11.4 Å². The molecule has 1 aromatic carbocycles. The second kappa shape index (κ2) is 9.75. The largest absolute Gasteiger partial charge is 0.383 e. The molecule has 4 aromatic heterocycles. The standard InChI is InChI=1S/C30H28FN9O2/c1-15(41)26-27(18-10-20-7-8-21(11-18)39(20)30(42)24-12-25(32)38-37-24)36-29-22(14-35-40(29)28(26)33)17-4-9-23(34-13-17)16-2-5-19(31)6-3-16/h2-6,9,12-14,18,20-21H,7-8,10-11,33H2,1H3,(H3,32,37,38)/t18-,20-,21+. The molecule has 0 unspecified atom stereocenters. The Morgan fingerprint density at radius 3 is 2.33 bits per heavy atom. The lowest BCUT2D eigenvalue weighted by molar-refractivity contribution is 0.0562. The summed E-state index contributed by atoms with van der Waals surface area (Å²) in [5.74, 6) is -0.154. The molecule has 212 valence electrons. The maximum absolute atomic E-state index is 13.4. The van der Waals surface area contributed by atoms with Crippen LogP contribution in [0.25, 0.3) is 28.0 Å². The van der Waals surface area contributed by atoms with E-state index in [2.05, 4.69) is 20.3 Å². The number of hydrogen-bond donors (Lipinski definition) is 3. The van der Waals surface area contributed by atoms with E-state index in [1.54, 1.807) is 30.6 Å². The fraction of sp³-hybridized carbons (Fsp3) is 0.267. The van der Waals surface area contributed by atoms with Crippen LogP contribution in [-0.4, -0.2) is 58.5 Å². The number of amides is 1. The Labute approximate surface area is 239 Å². The van der Waals surface area contributed by atoms with Crippen molar-refractivity contribution in [3.63, 3.8) is 0 Å². The molecule has 2 fully saturated rings. The van der Waals surface area contributed by atoms with Gasteiger partial charge in [0.1, 0.15) is 23.1 Å². The molecule has 0 spiro atoms. The van der Waals surface area contributed by atoms with Gasteiger partial charge < -0.3 is 16.4 Å². The molecule has 5 N–H and O–H groups in total. The SMILES string of the molecule is CC(=O)c1c([C@@H]2C[C@H]3CC[C@@H](C2)N3C(=O)c2cc(N)n[nH]2)nc2c(-c3ccc(-c4ccc(F)cc4)nc3)cnn2c1N. The number of carbonyl (C=O) groups is 2. The highest BCUT2D eigenvalue weighted by Gasteiger charge is 2.45. The second-order valence-electron chi connectivity index (χ2n) is 11.0. The third kappa shape index (κ3) is 4.18. The third-order valence-electron chi connectivity index (χ3n) is 8.46. The van der Waals surface area contributed by atoms with Crippen LogP contribution in [0.5, 0.6) is 0 Å². The fourth-order valence-electron chi connectivity index (χ4n) is 6.56. The van der Waals surface area contributed by atoms with E-state index >= 15 is 0 Å². The van der Waals surface area contributed by atoms with Crippen molar-refractivity contribution in [1.29, 1.82) is 0 Å². The maximum Gasteiger partial charge on any atom is 0.272 e. The van der Waals surface area contributed by atoms with Gasteiger partial charge in [-0.3, -0.25) is 19.7 Å². The lowest BCUT2D eigenvalue weighted by atomic mass is 9.85. The van der Waals surface area contributed by atoms with Crippen molar-refractivity contribution >= 4 is 29.0 Å². The molecule has 0 saturated carbocycles. The first-order valence-corrected chi connectivity index (χ1v) is 13.8. The number of carbonyl (C=O) groups excluding carboxylic acids is 2. The minimum absolute atomic E-state index is 0.00239. The molecule has 0 radical (unpaired) electrons. The van der Waals surface area contributed by atoms with Crippen LogP contribution in [0.1, 0.15) is 65.1 Å². The van der Waals surface area contributed by atoms with Crippen molar-refractivity contribution in [3.8, 4) is 22.4 Å². The molecule has 2 aliphatic heterocycles. The summed E-state index contributed by atoms with van der Waals surface area (Å²) < 4.78 is 14.9. The molecule has 2 aliphatic rings. The average molecular weight is 566 g/mol. The number of nitrogen functional groups attached to an aromatic ring is 2. The van der Waals surface area contributed by atoms with Crippen molar-refractivity contribution < 1.29 is 14.0 Å². The lowest BCUT2D eigenvalue weighted by Gasteiger charge is -2.39. The van der Waals surface area contributed by atoms with Crippen molar-refractivity contribution in [1.82, 2.24) is 34.7 Å². The Morgan fingerprint density at radius 1 is 1.00 bits per heavy atom. The number of halogens is 1. The zero-order valence-corrected chi connectivity index (χ0v) is 22.8. The van der Waals surface area contributed by atoms with Gasteiger partial charge in [0.05, 0.1) is 23.1 Å². The summed E-state index contributed by atoms with van der Waals surface area (Å²) in [6.07, 6.45) is 6.44. The first kappa shape index (κ1) is 25.8. The monoisotopic (exact) mass is 565 g/mol. The molecule has 42 heavy (non-hydrogen) atoms. The van der Waals surface area contributed by atoms with Gasteiger partial charge in [0.2, 0.25) is 0 Å². The van der Waals surface area contributed by atoms with E-state index in [1.165, 1.54) is 23.6 Å². The van der Waals surface area contributed by atoms with Crippen molar-refractivity contribution in [3.05, 3.63) is 77.6 Å². The first-order chi connectivity index (χ1) is 20.3. The average Bonchev–Trinajstić information content (AvgIpc) is 3.68. The van der Waals surface area contributed by atoms with Gasteiger partial charge in [-0.1, -0.05) is 6.07 Å². The minimum Gasteiger partial charge on any atom is -0.383 e. The van der Waals surface area contributed by atoms with Crippen molar-refractivity contribution in [2.24, 2.45) is 0 Å². The first-order valence-electron chi connectivity index (χ1n) is 13.8. The van der Waals surface area contributed by atoms with Gasteiger partial charge in [0, 0.05) is 47.0 Å². The van der Waals surface area contributed by atoms with E-state index in [4.69, 9.17) is 16.5 Å². The van der Waals surface area contributed by atoms with E-state index < -0.39 is 0 Å². The number of aromatic nitrogens is 6. The van der Waals surface area contributed by atoms with Gasteiger partial charge in [-0.2, -0.15) is 14.7 Å². The molecule has 5 aromatic rings. The Bertz CT molecular complexity index is 1830. The molecule has 11 nitrogen and oxygen atoms in total. The molecule has 7 rings (SSSR count). The van der Waals surface area contributed by atoms with E-state index in [9.17, 15) is 14.0 Å². The summed E-state index contributed by atoms with van der Waals surface area (Å²) in [6, 6.07) is 11.5. The van der Waals surface area contributed by atoms with Gasteiger partial charge >= 0.3 is 0 Å². The zero-order valence-electron chi connectivity index (χ0n) is 22.8. The van der Waals surface area contributed by atoms with Crippen LogP contribution in [0.15, 0.2) is 54.9 Å². The number of H-pyrrole nitrogens is 1. The number of aromatic amines is 1. The highest BCUT2D eigenvalue weighted by atomic mass is 19.1. The third-order valence-corrected chi connectivity index (χ3v) is 8.46. The number of Topliss-reactive ketones (excluding diaryl/α,β-unsaturated/α-hetero) is 1. The van der Waals surface area contributed by atoms with Crippen LogP contribution in [0, 0.1) is 5.82 Å². The summed E-state index contributed by atoms with van der Waals surface area (Å²) in [4.78, 5) is 37.7. The number of ketones is 1.